The average molecular weight is 532 g/mol. The standard InChI is InChI=1S/C25H25ClF3N7O/c26-19-12-16(2-3-18(19)25(27,28)29)13-32-21-17(22(37)33-15-20-30-8-1-9-31-20)14-34-23(35-21)36-10-6-24(4-5-24)7-11-36/h1-3,8-9,12,14H,4-7,10-11,13,15H2,(H,33,37)(H,32,34,35). The number of carbonyl (C=O) groups is 1. The van der Waals surface area contributed by atoms with Crippen LogP contribution in [0.3, 0.4) is 0 Å². The fourth-order valence-electron chi connectivity index (χ4n) is 4.44. The summed E-state index contributed by atoms with van der Waals surface area (Å²) in [6.45, 7) is 1.90. The highest BCUT2D eigenvalue weighted by molar-refractivity contribution is 6.31. The molecular formula is C25H25ClF3N7O. The maximum absolute atomic E-state index is 13.1. The van der Waals surface area contributed by atoms with Crippen LogP contribution in [0.2, 0.25) is 5.02 Å². The Morgan fingerprint density at radius 2 is 1.78 bits per heavy atom. The summed E-state index contributed by atoms with van der Waals surface area (Å²) in [6, 6.07) is 5.22. The zero-order chi connectivity index (χ0) is 26.0. The van der Waals surface area contributed by atoms with Crippen LogP contribution in [0.4, 0.5) is 24.9 Å². The molecule has 1 aromatic carbocycles. The Labute approximate surface area is 216 Å². The van der Waals surface area contributed by atoms with Gasteiger partial charge >= 0.3 is 6.18 Å². The summed E-state index contributed by atoms with van der Waals surface area (Å²) in [7, 11) is 0. The van der Waals surface area contributed by atoms with Crippen LogP contribution >= 0.6 is 11.6 Å². The first kappa shape index (κ1) is 25.2. The molecule has 0 bridgehead atoms. The highest BCUT2D eigenvalue weighted by atomic mass is 35.5. The van der Waals surface area contributed by atoms with E-state index in [2.05, 4.69) is 35.5 Å². The summed E-state index contributed by atoms with van der Waals surface area (Å²) in [5.41, 5.74) is 0.298. The van der Waals surface area contributed by atoms with Gasteiger partial charge in [0.25, 0.3) is 5.91 Å². The Kier molecular flexibility index (Phi) is 6.89. The SMILES string of the molecule is O=C(NCc1ncccn1)c1cnc(N2CCC3(CC2)CC3)nc1NCc1ccc(C(F)(F)F)c(Cl)c1. The van der Waals surface area contributed by atoms with E-state index in [-0.39, 0.29) is 24.5 Å². The fourth-order valence-corrected chi connectivity index (χ4v) is 4.75. The Balaban J connectivity index is 1.35. The monoisotopic (exact) mass is 531 g/mol. The molecule has 1 aliphatic carbocycles. The molecule has 1 saturated carbocycles. The lowest BCUT2D eigenvalue weighted by Crippen LogP contribution is -2.36. The molecule has 1 saturated heterocycles. The zero-order valence-corrected chi connectivity index (χ0v) is 20.6. The van der Waals surface area contributed by atoms with Gasteiger partial charge in [-0.15, -0.1) is 0 Å². The highest BCUT2D eigenvalue weighted by Gasteiger charge is 2.44. The molecule has 2 aliphatic rings. The molecule has 1 spiro atoms. The topological polar surface area (TPSA) is 95.9 Å². The number of amides is 1. The molecule has 12 heteroatoms. The molecule has 0 unspecified atom stereocenters. The van der Waals surface area contributed by atoms with E-state index in [9.17, 15) is 18.0 Å². The van der Waals surface area contributed by atoms with Crippen LogP contribution in [0.5, 0.6) is 0 Å². The summed E-state index contributed by atoms with van der Waals surface area (Å²) >= 11 is 5.88. The second kappa shape index (κ2) is 10.1. The second-order valence-electron chi connectivity index (χ2n) is 9.43. The maximum Gasteiger partial charge on any atom is 0.417 e. The van der Waals surface area contributed by atoms with Gasteiger partial charge in [0.05, 0.1) is 17.1 Å². The summed E-state index contributed by atoms with van der Waals surface area (Å²) in [5.74, 6) is 0.803. The number of anilines is 2. The molecule has 0 radical (unpaired) electrons. The van der Waals surface area contributed by atoms with Gasteiger partial charge in [0, 0.05) is 38.2 Å². The van der Waals surface area contributed by atoms with Gasteiger partial charge in [0.2, 0.25) is 5.95 Å². The predicted octanol–water partition coefficient (Wildman–Crippen LogP) is 4.86. The Hall–Kier alpha value is -3.47. The van der Waals surface area contributed by atoms with E-state index in [1.165, 1.54) is 31.2 Å². The number of nitrogens with zero attached hydrogens (tertiary/aromatic N) is 5. The largest absolute Gasteiger partial charge is 0.417 e. The van der Waals surface area contributed by atoms with Crippen molar-refractivity contribution >= 4 is 29.3 Å². The van der Waals surface area contributed by atoms with Crippen LogP contribution in [0.25, 0.3) is 0 Å². The lowest BCUT2D eigenvalue weighted by atomic mass is 9.94. The quantitative estimate of drug-likeness (QED) is 0.449. The molecular weight excluding hydrogens is 507 g/mol. The first-order chi connectivity index (χ1) is 17.7. The molecule has 3 aromatic rings. The third kappa shape index (κ3) is 5.93. The lowest BCUT2D eigenvalue weighted by molar-refractivity contribution is -0.137. The number of piperidine rings is 1. The van der Waals surface area contributed by atoms with E-state index < -0.39 is 22.7 Å². The van der Waals surface area contributed by atoms with E-state index in [0.717, 1.165) is 32.0 Å². The van der Waals surface area contributed by atoms with Crippen molar-refractivity contribution in [2.45, 2.75) is 44.9 Å². The van der Waals surface area contributed by atoms with E-state index in [1.54, 1.807) is 18.5 Å². The van der Waals surface area contributed by atoms with Crippen molar-refractivity contribution in [2.24, 2.45) is 5.41 Å². The Bertz CT molecular complexity index is 1280. The number of nitrogens with one attached hydrogen (secondary N) is 2. The van der Waals surface area contributed by atoms with Crippen LogP contribution in [-0.4, -0.2) is 38.9 Å². The Morgan fingerprint density at radius 1 is 1.05 bits per heavy atom. The van der Waals surface area contributed by atoms with Gasteiger partial charge in [0.1, 0.15) is 17.2 Å². The number of hydrogen-bond acceptors (Lipinski definition) is 7. The molecule has 0 atom stereocenters. The lowest BCUT2D eigenvalue weighted by Gasteiger charge is -2.32. The van der Waals surface area contributed by atoms with Gasteiger partial charge in [-0.25, -0.2) is 15.0 Å². The van der Waals surface area contributed by atoms with Gasteiger partial charge in [0.15, 0.2) is 0 Å². The number of hydrogen-bond donors (Lipinski definition) is 2. The summed E-state index contributed by atoms with van der Waals surface area (Å²) in [6.07, 6.45) is 4.81. The molecule has 5 rings (SSSR count). The second-order valence-corrected chi connectivity index (χ2v) is 9.84. The Morgan fingerprint density at radius 3 is 2.43 bits per heavy atom. The molecule has 2 N–H and O–H groups in total. The van der Waals surface area contributed by atoms with Crippen molar-refractivity contribution < 1.29 is 18.0 Å². The van der Waals surface area contributed by atoms with Crippen LogP contribution in [-0.2, 0) is 19.3 Å². The maximum atomic E-state index is 13.1. The third-order valence-electron chi connectivity index (χ3n) is 6.91. The van der Waals surface area contributed by atoms with E-state index in [0.29, 0.717) is 22.8 Å². The number of rotatable bonds is 7. The van der Waals surface area contributed by atoms with Crippen LogP contribution < -0.4 is 15.5 Å². The molecule has 1 amide bonds. The van der Waals surface area contributed by atoms with Gasteiger partial charge < -0.3 is 15.5 Å². The van der Waals surface area contributed by atoms with Crippen molar-refractivity contribution in [2.75, 3.05) is 23.3 Å². The summed E-state index contributed by atoms with van der Waals surface area (Å²) < 4.78 is 39.2. The molecule has 1 aliphatic heterocycles. The first-order valence-electron chi connectivity index (χ1n) is 12.0. The normalized spacial score (nSPS) is 16.5. The van der Waals surface area contributed by atoms with Crippen LogP contribution in [0.1, 0.15) is 53.0 Å². The van der Waals surface area contributed by atoms with Crippen molar-refractivity contribution in [1.82, 2.24) is 25.3 Å². The molecule has 2 aromatic heterocycles. The molecule has 8 nitrogen and oxygen atoms in total. The van der Waals surface area contributed by atoms with Crippen LogP contribution in [0.15, 0.2) is 42.9 Å². The van der Waals surface area contributed by atoms with E-state index >= 15 is 0 Å². The van der Waals surface area contributed by atoms with Gasteiger partial charge in [-0.1, -0.05) is 17.7 Å². The average Bonchev–Trinajstić information content (AvgIpc) is 3.64. The van der Waals surface area contributed by atoms with E-state index in [1.807, 2.05) is 0 Å². The number of aromatic nitrogens is 4. The number of alkyl halides is 3. The third-order valence-corrected chi connectivity index (χ3v) is 7.22. The van der Waals surface area contributed by atoms with Gasteiger partial charge in [-0.05, 0) is 54.9 Å². The number of carbonyl (C=O) groups excluding carboxylic acids is 1. The summed E-state index contributed by atoms with van der Waals surface area (Å²) in [4.78, 5) is 32.4. The first-order valence-corrected chi connectivity index (χ1v) is 12.4. The molecule has 2 fully saturated rings. The van der Waals surface area contributed by atoms with Crippen LogP contribution in [0, 0.1) is 5.41 Å². The van der Waals surface area contributed by atoms with Crippen molar-refractivity contribution in [1.29, 1.82) is 0 Å². The molecule has 3 heterocycles. The minimum absolute atomic E-state index is 0.111. The van der Waals surface area contributed by atoms with E-state index in [4.69, 9.17) is 11.6 Å². The van der Waals surface area contributed by atoms with Gasteiger partial charge in [-0.3, -0.25) is 4.79 Å². The van der Waals surface area contributed by atoms with Crippen molar-refractivity contribution in [3.63, 3.8) is 0 Å². The smallest absolute Gasteiger partial charge is 0.365 e. The zero-order valence-electron chi connectivity index (χ0n) is 19.9. The van der Waals surface area contributed by atoms with Crippen molar-refractivity contribution in [3.05, 3.63) is 70.4 Å². The highest BCUT2D eigenvalue weighted by Crippen LogP contribution is 2.53. The fraction of sp³-hybridized carbons (Fsp3) is 0.400. The number of benzene rings is 1. The van der Waals surface area contributed by atoms with Gasteiger partial charge in [-0.2, -0.15) is 18.2 Å². The molecule has 194 valence electrons. The molecule has 37 heavy (non-hydrogen) atoms. The minimum atomic E-state index is -4.54. The van der Waals surface area contributed by atoms with Crippen molar-refractivity contribution in [3.8, 4) is 0 Å². The number of halogens is 4. The summed E-state index contributed by atoms with van der Waals surface area (Å²) in [5, 5.41) is 5.46. The minimum Gasteiger partial charge on any atom is -0.365 e. The predicted molar refractivity (Wildman–Crippen MR) is 132 cm³/mol.